The molecule has 0 saturated heterocycles. The van der Waals surface area contributed by atoms with Gasteiger partial charge in [0, 0.05) is 18.3 Å². The van der Waals surface area contributed by atoms with Gasteiger partial charge in [-0.2, -0.15) is 0 Å². The van der Waals surface area contributed by atoms with Crippen LogP contribution >= 0.6 is 0 Å². The van der Waals surface area contributed by atoms with Crippen LogP contribution in [0.15, 0.2) is 200 Å². The third-order valence-electron chi connectivity index (χ3n) is 12.7. The molecule has 0 saturated carbocycles. The third kappa shape index (κ3) is 3.80. The molecule has 9 aromatic rings. The molecule has 4 nitrogen and oxygen atoms in total. The van der Waals surface area contributed by atoms with Gasteiger partial charge in [-0.05, 0) is 87.0 Å². The van der Waals surface area contributed by atoms with E-state index in [9.17, 15) is 0 Å². The highest BCUT2D eigenvalue weighted by atomic mass is 15.4. The number of rotatable bonds is 3. The van der Waals surface area contributed by atoms with E-state index in [2.05, 4.69) is 222 Å². The van der Waals surface area contributed by atoms with E-state index in [1.807, 2.05) is 0 Å². The predicted molar refractivity (Wildman–Crippen MR) is 228 cm³/mol. The smallest absolute Gasteiger partial charge is 0.212 e. The van der Waals surface area contributed by atoms with Crippen LogP contribution in [0.25, 0.3) is 27.8 Å². The Kier molecular flexibility index (Phi) is 6.37. The standard InChI is InChI=1S/C52H36N4/c1-54-50-53-45-28-14-17-31-49(45)56(50)48-33-32-37(34-44(48)52(54)40-24-10-8-22-38(40)39-23-9-11-25-41(39)52)55-46-29-15-12-26-42(46)51(35-18-4-2-5-19-35,36-20-6-3-7-21-36)43-27-13-16-30-47(43)55/h2-34H,1H3. The van der Waals surface area contributed by atoms with Crippen molar-refractivity contribution in [1.82, 2.24) is 9.55 Å². The summed E-state index contributed by atoms with van der Waals surface area (Å²) in [6.07, 6.45) is 0. The lowest BCUT2D eigenvalue weighted by molar-refractivity contribution is 0.577. The Hall–Kier alpha value is -7.17. The molecule has 1 aromatic heterocycles. The lowest BCUT2D eigenvalue weighted by Gasteiger charge is -2.48. The molecule has 2 aliphatic heterocycles. The van der Waals surface area contributed by atoms with Crippen molar-refractivity contribution in [3.05, 3.63) is 239 Å². The molecule has 8 aromatic carbocycles. The van der Waals surface area contributed by atoms with Crippen LogP contribution in [0.4, 0.5) is 23.0 Å². The van der Waals surface area contributed by atoms with Crippen molar-refractivity contribution in [3.8, 4) is 16.8 Å². The number of nitrogens with zero attached hydrogens (tertiary/aromatic N) is 4. The molecular formula is C52H36N4. The van der Waals surface area contributed by atoms with E-state index in [0.29, 0.717) is 0 Å². The zero-order valence-electron chi connectivity index (χ0n) is 30.8. The Morgan fingerprint density at radius 2 is 0.929 bits per heavy atom. The second-order valence-electron chi connectivity index (χ2n) is 15.1. The van der Waals surface area contributed by atoms with Crippen LogP contribution in [-0.4, -0.2) is 16.6 Å². The summed E-state index contributed by atoms with van der Waals surface area (Å²) in [5, 5.41) is 0. The highest BCUT2D eigenvalue weighted by molar-refractivity contribution is 5.94. The lowest BCUT2D eigenvalue weighted by atomic mass is 9.62. The van der Waals surface area contributed by atoms with Crippen molar-refractivity contribution in [2.45, 2.75) is 11.0 Å². The molecule has 0 N–H and O–H groups in total. The van der Waals surface area contributed by atoms with Gasteiger partial charge in [-0.3, -0.25) is 4.57 Å². The molecule has 0 fully saturated rings. The van der Waals surface area contributed by atoms with E-state index < -0.39 is 11.0 Å². The van der Waals surface area contributed by atoms with Gasteiger partial charge in [0.15, 0.2) is 0 Å². The van der Waals surface area contributed by atoms with E-state index >= 15 is 0 Å². The van der Waals surface area contributed by atoms with E-state index in [1.165, 1.54) is 50.1 Å². The maximum Gasteiger partial charge on any atom is 0.212 e. The zero-order chi connectivity index (χ0) is 37.0. The second kappa shape index (κ2) is 11.4. The first-order valence-corrected chi connectivity index (χ1v) is 19.4. The first-order valence-electron chi connectivity index (χ1n) is 19.4. The third-order valence-corrected chi connectivity index (χ3v) is 12.7. The maximum atomic E-state index is 5.32. The number of hydrogen-bond donors (Lipinski definition) is 0. The minimum Gasteiger partial charge on any atom is -0.327 e. The molecule has 0 unspecified atom stereocenters. The summed E-state index contributed by atoms with van der Waals surface area (Å²) in [6, 6.07) is 73.6. The number of benzene rings is 8. The van der Waals surface area contributed by atoms with Crippen LogP contribution in [-0.2, 0) is 11.0 Å². The summed E-state index contributed by atoms with van der Waals surface area (Å²) in [6.45, 7) is 0. The van der Waals surface area contributed by atoms with Crippen molar-refractivity contribution in [2.24, 2.45) is 0 Å². The highest BCUT2D eigenvalue weighted by Crippen LogP contribution is 2.61. The number of para-hydroxylation sites is 4. The van der Waals surface area contributed by atoms with Crippen molar-refractivity contribution in [1.29, 1.82) is 0 Å². The van der Waals surface area contributed by atoms with Gasteiger partial charge in [-0.25, -0.2) is 4.98 Å². The summed E-state index contributed by atoms with van der Waals surface area (Å²) in [5.74, 6) is 0.933. The van der Waals surface area contributed by atoms with Crippen molar-refractivity contribution in [2.75, 3.05) is 16.8 Å². The SMILES string of the molecule is CN1c2nc3ccccc3n2-c2ccc(N3c4ccccc4C(c4ccccc4)(c4ccccc4)c4ccccc43)cc2C12c1ccccc1-c1ccccc12. The molecular weight excluding hydrogens is 681 g/mol. The van der Waals surface area contributed by atoms with Gasteiger partial charge in [0.05, 0.1) is 33.5 Å². The van der Waals surface area contributed by atoms with Crippen molar-refractivity contribution in [3.63, 3.8) is 0 Å². The summed E-state index contributed by atoms with van der Waals surface area (Å²) in [7, 11) is 2.23. The Morgan fingerprint density at radius 1 is 0.429 bits per heavy atom. The highest BCUT2D eigenvalue weighted by Gasteiger charge is 2.53. The molecule has 4 heteroatoms. The van der Waals surface area contributed by atoms with E-state index in [0.717, 1.165) is 39.7 Å². The van der Waals surface area contributed by atoms with Gasteiger partial charge in [0.1, 0.15) is 5.54 Å². The van der Waals surface area contributed by atoms with Crippen molar-refractivity contribution < 1.29 is 0 Å². The minimum absolute atomic E-state index is 0.532. The van der Waals surface area contributed by atoms with Gasteiger partial charge < -0.3 is 9.80 Å². The number of aromatic nitrogens is 2. The molecule has 1 aliphatic carbocycles. The fraction of sp³-hybridized carbons (Fsp3) is 0.0577. The monoisotopic (exact) mass is 716 g/mol. The Labute approximate surface area is 326 Å². The Bertz CT molecular complexity index is 2880. The molecule has 0 radical (unpaired) electrons. The average Bonchev–Trinajstić information content (AvgIpc) is 3.80. The zero-order valence-corrected chi connectivity index (χ0v) is 30.8. The number of imidazole rings is 1. The number of hydrogen-bond acceptors (Lipinski definition) is 3. The topological polar surface area (TPSA) is 24.3 Å². The molecule has 1 spiro atoms. The Morgan fingerprint density at radius 3 is 1.54 bits per heavy atom. The first kappa shape index (κ1) is 31.2. The van der Waals surface area contributed by atoms with Gasteiger partial charge in [-0.1, -0.05) is 158 Å². The van der Waals surface area contributed by atoms with Gasteiger partial charge in [0.25, 0.3) is 0 Å². The summed E-state index contributed by atoms with van der Waals surface area (Å²) < 4.78 is 2.36. The summed E-state index contributed by atoms with van der Waals surface area (Å²) >= 11 is 0. The maximum absolute atomic E-state index is 5.32. The lowest BCUT2D eigenvalue weighted by Crippen LogP contribution is -2.49. The van der Waals surface area contributed by atoms with Crippen molar-refractivity contribution >= 4 is 34.0 Å². The number of anilines is 4. The largest absolute Gasteiger partial charge is 0.327 e. The quantitative estimate of drug-likeness (QED) is 0.182. The van der Waals surface area contributed by atoms with Crippen LogP contribution in [0.5, 0.6) is 0 Å². The van der Waals surface area contributed by atoms with Crippen LogP contribution in [0.3, 0.4) is 0 Å². The number of fused-ring (bicyclic) bond motifs is 13. The molecule has 0 amide bonds. The van der Waals surface area contributed by atoms with Gasteiger partial charge >= 0.3 is 0 Å². The van der Waals surface area contributed by atoms with Crippen LogP contribution in [0, 0.1) is 0 Å². The fourth-order valence-electron chi connectivity index (χ4n) is 10.5. The molecule has 3 aliphatic rings. The molecule has 12 rings (SSSR count). The normalized spacial score (nSPS) is 15.1. The molecule has 0 atom stereocenters. The summed E-state index contributed by atoms with van der Waals surface area (Å²) in [5.41, 5.74) is 16.8. The molecule has 264 valence electrons. The second-order valence-corrected chi connectivity index (χ2v) is 15.1. The van der Waals surface area contributed by atoms with Crippen LogP contribution < -0.4 is 9.80 Å². The Balaban J connectivity index is 1.18. The van der Waals surface area contributed by atoms with Gasteiger partial charge in [0.2, 0.25) is 5.95 Å². The molecule has 3 heterocycles. The van der Waals surface area contributed by atoms with E-state index in [-0.39, 0.29) is 0 Å². The van der Waals surface area contributed by atoms with Gasteiger partial charge in [-0.15, -0.1) is 0 Å². The minimum atomic E-state index is -0.622. The molecule has 56 heavy (non-hydrogen) atoms. The predicted octanol–water partition coefficient (Wildman–Crippen LogP) is 11.9. The fourth-order valence-corrected chi connectivity index (χ4v) is 10.5. The summed E-state index contributed by atoms with van der Waals surface area (Å²) in [4.78, 5) is 10.2. The first-order chi connectivity index (χ1) is 27.7. The molecule has 0 bridgehead atoms. The van der Waals surface area contributed by atoms with E-state index in [1.54, 1.807) is 0 Å². The van der Waals surface area contributed by atoms with Crippen LogP contribution in [0.2, 0.25) is 0 Å². The average molecular weight is 717 g/mol. The van der Waals surface area contributed by atoms with E-state index in [4.69, 9.17) is 4.98 Å². The van der Waals surface area contributed by atoms with Crippen LogP contribution in [0.1, 0.15) is 38.9 Å².